The number of hydrogen-bond donors (Lipinski definition) is 3. The lowest BCUT2D eigenvalue weighted by Gasteiger charge is -2.14. The molecule has 0 aliphatic carbocycles. The molecule has 2 rings (SSSR count). The van der Waals surface area contributed by atoms with Crippen molar-refractivity contribution in [1.82, 2.24) is 10.6 Å². The van der Waals surface area contributed by atoms with Gasteiger partial charge in [-0.25, -0.2) is 8.42 Å². The molecule has 0 fully saturated rings. The molecule has 0 spiro atoms. The number of hydrogen-bond acceptors (Lipinski definition) is 5. The minimum absolute atomic E-state index is 0.0701. The summed E-state index contributed by atoms with van der Waals surface area (Å²) in [5.74, 6) is -0.203. The van der Waals surface area contributed by atoms with E-state index in [2.05, 4.69) is 15.4 Å². The Morgan fingerprint density at radius 1 is 1.07 bits per heavy atom. The lowest BCUT2D eigenvalue weighted by atomic mass is 10.2. The fourth-order valence-electron chi connectivity index (χ4n) is 2.49. The lowest BCUT2D eigenvalue weighted by molar-refractivity contribution is -0.122. The highest BCUT2D eigenvalue weighted by atomic mass is 32.2. The standard InChI is InChI=1S/C20H25N3O5S/c1-4-21-19(24)14(3)22-20(25)15-7-6-8-16(13-15)23-29(26,27)18-11-9-17(10-12-18)28-5-2/h6-14,23H,4-5H2,1-3H3,(H,21,24)(H,22,25). The monoisotopic (exact) mass is 419 g/mol. The summed E-state index contributed by atoms with van der Waals surface area (Å²) in [6.07, 6.45) is 0. The highest BCUT2D eigenvalue weighted by Crippen LogP contribution is 2.20. The van der Waals surface area contributed by atoms with Crippen LogP contribution < -0.4 is 20.1 Å². The molecule has 8 nitrogen and oxygen atoms in total. The van der Waals surface area contributed by atoms with Gasteiger partial charge in [0.25, 0.3) is 15.9 Å². The highest BCUT2D eigenvalue weighted by Gasteiger charge is 2.18. The SMILES string of the molecule is CCNC(=O)C(C)NC(=O)c1cccc(NS(=O)(=O)c2ccc(OCC)cc2)c1. The zero-order valence-corrected chi connectivity index (χ0v) is 17.4. The summed E-state index contributed by atoms with van der Waals surface area (Å²) in [4.78, 5) is 24.2. The fourth-order valence-corrected chi connectivity index (χ4v) is 3.54. The second-order valence-corrected chi connectivity index (χ2v) is 7.86. The molecule has 156 valence electrons. The Morgan fingerprint density at radius 3 is 2.38 bits per heavy atom. The van der Waals surface area contributed by atoms with Gasteiger partial charge in [0, 0.05) is 17.8 Å². The second kappa shape index (κ2) is 9.92. The molecule has 2 aromatic rings. The topological polar surface area (TPSA) is 114 Å². The van der Waals surface area contributed by atoms with Crippen LogP contribution in [0.15, 0.2) is 53.4 Å². The minimum atomic E-state index is -3.83. The summed E-state index contributed by atoms with van der Waals surface area (Å²) in [6.45, 7) is 6.14. The van der Waals surface area contributed by atoms with Gasteiger partial charge in [0.2, 0.25) is 5.91 Å². The zero-order valence-electron chi connectivity index (χ0n) is 16.6. The third kappa shape index (κ3) is 6.21. The van der Waals surface area contributed by atoms with Crippen molar-refractivity contribution in [2.24, 2.45) is 0 Å². The van der Waals surface area contributed by atoms with Gasteiger partial charge < -0.3 is 15.4 Å². The van der Waals surface area contributed by atoms with E-state index in [-0.39, 0.29) is 22.1 Å². The summed E-state index contributed by atoms with van der Waals surface area (Å²) >= 11 is 0. The molecule has 9 heteroatoms. The van der Waals surface area contributed by atoms with Gasteiger partial charge >= 0.3 is 0 Å². The van der Waals surface area contributed by atoms with Crippen LogP contribution in [0.5, 0.6) is 5.75 Å². The molecule has 0 aliphatic heterocycles. The van der Waals surface area contributed by atoms with Crippen LogP contribution in [0.2, 0.25) is 0 Å². The smallest absolute Gasteiger partial charge is 0.261 e. The number of nitrogens with one attached hydrogen (secondary N) is 3. The van der Waals surface area contributed by atoms with Gasteiger partial charge in [-0.2, -0.15) is 0 Å². The lowest BCUT2D eigenvalue weighted by Crippen LogP contribution is -2.44. The van der Waals surface area contributed by atoms with Crippen molar-refractivity contribution in [3.8, 4) is 5.75 Å². The second-order valence-electron chi connectivity index (χ2n) is 6.18. The predicted octanol–water partition coefficient (Wildman–Crippen LogP) is 2.14. The fraction of sp³-hybridized carbons (Fsp3) is 0.300. The molecule has 3 N–H and O–H groups in total. The molecule has 2 aromatic carbocycles. The first-order valence-electron chi connectivity index (χ1n) is 9.21. The van der Waals surface area contributed by atoms with Crippen molar-refractivity contribution in [3.05, 3.63) is 54.1 Å². The highest BCUT2D eigenvalue weighted by molar-refractivity contribution is 7.92. The van der Waals surface area contributed by atoms with E-state index in [9.17, 15) is 18.0 Å². The van der Waals surface area contributed by atoms with Crippen LogP contribution in [-0.4, -0.2) is 39.4 Å². The normalized spacial score (nSPS) is 12.0. The van der Waals surface area contributed by atoms with Gasteiger partial charge in [0.05, 0.1) is 11.5 Å². The van der Waals surface area contributed by atoms with Crippen LogP contribution in [0.25, 0.3) is 0 Å². The molecule has 0 radical (unpaired) electrons. The van der Waals surface area contributed by atoms with E-state index in [0.29, 0.717) is 18.9 Å². The molecule has 0 bridgehead atoms. The van der Waals surface area contributed by atoms with Crippen molar-refractivity contribution in [2.75, 3.05) is 17.9 Å². The molecule has 0 aliphatic rings. The van der Waals surface area contributed by atoms with E-state index in [1.54, 1.807) is 32.0 Å². The van der Waals surface area contributed by atoms with E-state index in [1.807, 2.05) is 6.92 Å². The van der Waals surface area contributed by atoms with E-state index < -0.39 is 22.0 Å². The number of amides is 2. The quantitative estimate of drug-likeness (QED) is 0.576. The van der Waals surface area contributed by atoms with Crippen LogP contribution in [0, 0.1) is 0 Å². The van der Waals surface area contributed by atoms with Crippen LogP contribution in [0.4, 0.5) is 5.69 Å². The Balaban J connectivity index is 2.12. The van der Waals surface area contributed by atoms with Crippen molar-refractivity contribution < 1.29 is 22.7 Å². The van der Waals surface area contributed by atoms with Gasteiger partial charge in [0.1, 0.15) is 11.8 Å². The maximum atomic E-state index is 12.6. The first-order valence-corrected chi connectivity index (χ1v) is 10.7. The van der Waals surface area contributed by atoms with Crippen molar-refractivity contribution in [2.45, 2.75) is 31.7 Å². The first kappa shape index (κ1) is 22.2. The Kier molecular flexibility index (Phi) is 7.60. The largest absolute Gasteiger partial charge is 0.494 e. The van der Waals surface area contributed by atoms with Gasteiger partial charge in [-0.15, -0.1) is 0 Å². The average molecular weight is 420 g/mol. The van der Waals surface area contributed by atoms with E-state index in [4.69, 9.17) is 4.74 Å². The van der Waals surface area contributed by atoms with E-state index in [1.165, 1.54) is 30.3 Å². The molecule has 0 saturated carbocycles. The Morgan fingerprint density at radius 2 is 1.76 bits per heavy atom. The first-order chi connectivity index (χ1) is 13.8. The predicted molar refractivity (Wildman–Crippen MR) is 110 cm³/mol. The molecule has 0 saturated heterocycles. The summed E-state index contributed by atoms with van der Waals surface area (Å²) in [5, 5.41) is 5.20. The maximum Gasteiger partial charge on any atom is 0.261 e. The van der Waals surface area contributed by atoms with E-state index >= 15 is 0 Å². The number of benzene rings is 2. The molecule has 1 atom stereocenters. The van der Waals surface area contributed by atoms with Crippen molar-refractivity contribution >= 4 is 27.5 Å². The van der Waals surface area contributed by atoms with Crippen molar-refractivity contribution in [1.29, 1.82) is 0 Å². The maximum absolute atomic E-state index is 12.6. The Bertz CT molecular complexity index is 958. The summed E-state index contributed by atoms with van der Waals surface area (Å²) in [5.41, 5.74) is 0.463. The van der Waals surface area contributed by atoms with Gasteiger partial charge in [-0.1, -0.05) is 6.07 Å². The Hall–Kier alpha value is -3.07. The molecular formula is C20H25N3O5S. The summed E-state index contributed by atoms with van der Waals surface area (Å²) in [6, 6.07) is 11.4. The number of anilines is 1. The number of rotatable bonds is 9. The van der Waals surface area contributed by atoms with Gasteiger partial charge in [-0.3, -0.25) is 14.3 Å². The summed E-state index contributed by atoms with van der Waals surface area (Å²) in [7, 11) is -3.83. The number of carbonyl (C=O) groups excluding carboxylic acids is 2. The number of carbonyl (C=O) groups is 2. The molecule has 1 unspecified atom stereocenters. The number of ether oxygens (including phenoxy) is 1. The van der Waals surface area contributed by atoms with E-state index in [0.717, 1.165) is 0 Å². The molecular weight excluding hydrogens is 394 g/mol. The van der Waals surface area contributed by atoms with Gasteiger partial charge in [0.15, 0.2) is 0 Å². The number of sulfonamides is 1. The van der Waals surface area contributed by atoms with Gasteiger partial charge in [-0.05, 0) is 63.2 Å². The molecule has 0 heterocycles. The van der Waals surface area contributed by atoms with Crippen LogP contribution in [0.3, 0.4) is 0 Å². The van der Waals surface area contributed by atoms with Crippen LogP contribution in [0.1, 0.15) is 31.1 Å². The van der Waals surface area contributed by atoms with Crippen molar-refractivity contribution in [3.63, 3.8) is 0 Å². The molecule has 29 heavy (non-hydrogen) atoms. The zero-order chi connectivity index (χ0) is 21.4. The van der Waals surface area contributed by atoms with Crippen LogP contribution >= 0.6 is 0 Å². The third-order valence-electron chi connectivity index (χ3n) is 3.91. The molecule has 0 aromatic heterocycles. The Labute approximate surface area is 170 Å². The summed E-state index contributed by atoms with van der Waals surface area (Å²) < 4.78 is 32.9. The molecule has 2 amide bonds. The minimum Gasteiger partial charge on any atom is -0.494 e. The van der Waals surface area contributed by atoms with Crippen LogP contribution in [-0.2, 0) is 14.8 Å². The number of likely N-dealkylation sites (N-methyl/N-ethyl adjacent to an activating group) is 1. The average Bonchev–Trinajstić information content (AvgIpc) is 2.68. The third-order valence-corrected chi connectivity index (χ3v) is 5.31.